The Hall–Kier alpha value is -2.56. The van der Waals surface area contributed by atoms with Crippen LogP contribution in [0.4, 0.5) is 5.69 Å². The monoisotopic (exact) mass is 321 g/mol. The molecule has 3 aromatic rings. The first-order chi connectivity index (χ1) is 11.4. The molecular weight excluding hydrogens is 298 g/mol. The fourth-order valence-electron chi connectivity index (χ4n) is 2.68. The number of nitrogens with one attached hydrogen (secondary N) is 1. The number of aromatic nitrogens is 4. The normalized spacial score (nSPS) is 11.2. The van der Waals surface area contributed by atoms with Gasteiger partial charge < -0.3 is 4.98 Å². The van der Waals surface area contributed by atoms with Crippen molar-refractivity contribution in [2.75, 3.05) is 0 Å². The molecule has 0 saturated carbocycles. The summed E-state index contributed by atoms with van der Waals surface area (Å²) in [7, 11) is 0. The van der Waals surface area contributed by atoms with Crippen molar-refractivity contribution in [3.63, 3.8) is 0 Å². The predicted octanol–water partition coefficient (Wildman–Crippen LogP) is 4.64. The molecule has 0 bridgehead atoms. The van der Waals surface area contributed by atoms with Gasteiger partial charge in [0.05, 0.1) is 17.1 Å². The molecule has 3 aromatic heterocycles. The molecule has 0 fully saturated rings. The largest absolute Gasteiger partial charge is 0.345 e. The predicted molar refractivity (Wildman–Crippen MR) is 98.8 cm³/mol. The van der Waals surface area contributed by atoms with Crippen LogP contribution < -0.4 is 0 Å². The Bertz CT molecular complexity index is 901. The second kappa shape index (κ2) is 6.51. The van der Waals surface area contributed by atoms with E-state index in [1.54, 1.807) is 0 Å². The minimum Gasteiger partial charge on any atom is -0.345 e. The van der Waals surface area contributed by atoms with Gasteiger partial charge in [-0.2, -0.15) is 0 Å². The van der Waals surface area contributed by atoms with E-state index in [1.165, 1.54) is 0 Å². The van der Waals surface area contributed by atoms with Gasteiger partial charge in [0.1, 0.15) is 11.5 Å². The summed E-state index contributed by atoms with van der Waals surface area (Å²) < 4.78 is 0. The summed E-state index contributed by atoms with van der Waals surface area (Å²) in [6.45, 7) is 10.3. The van der Waals surface area contributed by atoms with Crippen molar-refractivity contribution in [2.24, 2.45) is 10.9 Å². The maximum atomic E-state index is 4.71. The van der Waals surface area contributed by atoms with Crippen molar-refractivity contribution in [1.82, 2.24) is 19.9 Å². The van der Waals surface area contributed by atoms with Crippen LogP contribution in [0.5, 0.6) is 0 Å². The molecule has 3 heterocycles. The third kappa shape index (κ3) is 3.35. The number of aliphatic imine (C=N–C) groups is 1. The van der Waals surface area contributed by atoms with Gasteiger partial charge in [-0.05, 0) is 38.8 Å². The number of pyridine rings is 1. The molecule has 5 nitrogen and oxygen atoms in total. The van der Waals surface area contributed by atoms with Gasteiger partial charge in [0.15, 0.2) is 0 Å². The van der Waals surface area contributed by atoms with E-state index in [0.717, 1.165) is 51.6 Å². The van der Waals surface area contributed by atoms with Crippen molar-refractivity contribution in [2.45, 2.75) is 41.0 Å². The van der Waals surface area contributed by atoms with Gasteiger partial charge in [-0.1, -0.05) is 13.8 Å². The number of aromatic amines is 1. The zero-order valence-electron chi connectivity index (χ0n) is 14.9. The Labute approximate surface area is 142 Å². The molecule has 0 aliphatic heterocycles. The highest BCUT2D eigenvalue weighted by atomic mass is 14.9. The molecular formula is C19H23N5. The number of fused-ring (bicyclic) bond motifs is 1. The quantitative estimate of drug-likeness (QED) is 0.712. The molecule has 5 heteroatoms. The number of nitrogens with zero attached hydrogens (tertiary/aromatic N) is 4. The fourth-order valence-corrected chi connectivity index (χ4v) is 2.68. The van der Waals surface area contributed by atoms with E-state index in [0.29, 0.717) is 5.92 Å². The molecule has 0 aliphatic carbocycles. The van der Waals surface area contributed by atoms with Crippen LogP contribution in [-0.2, 0) is 6.42 Å². The van der Waals surface area contributed by atoms with Gasteiger partial charge in [0.2, 0.25) is 0 Å². The Morgan fingerprint density at radius 3 is 2.67 bits per heavy atom. The molecule has 1 N–H and O–H groups in total. The summed E-state index contributed by atoms with van der Waals surface area (Å²) in [4.78, 5) is 21.6. The maximum absolute atomic E-state index is 4.71. The van der Waals surface area contributed by atoms with Gasteiger partial charge in [0, 0.05) is 35.5 Å². The van der Waals surface area contributed by atoms with E-state index in [9.17, 15) is 0 Å². The molecule has 0 aromatic carbocycles. The molecule has 0 unspecified atom stereocenters. The van der Waals surface area contributed by atoms with Gasteiger partial charge in [-0.15, -0.1) is 0 Å². The van der Waals surface area contributed by atoms with Gasteiger partial charge in [-0.25, -0.2) is 9.97 Å². The summed E-state index contributed by atoms with van der Waals surface area (Å²) in [5.41, 5.74) is 5.64. The highest BCUT2D eigenvalue weighted by Gasteiger charge is 2.12. The summed E-state index contributed by atoms with van der Waals surface area (Å²) >= 11 is 0. The third-order valence-corrected chi connectivity index (χ3v) is 3.75. The Balaban J connectivity index is 2.01. The SMILES string of the molecule is CC(C)=Nc1ccc(-c2c[nH]c3nc(CC(C)C)ncc23)nc1C. The standard InChI is InChI=1S/C19H23N5/c1-11(2)8-18-20-10-15-14(9-21-19(15)24-18)17-7-6-16(13(5)23-17)22-12(3)4/h6-7,9-11H,8H2,1-5H3,(H,20,21,24). The van der Waals surface area contributed by atoms with Gasteiger partial charge in [0.25, 0.3) is 0 Å². The van der Waals surface area contributed by atoms with Gasteiger partial charge >= 0.3 is 0 Å². The molecule has 0 aliphatic rings. The molecule has 0 atom stereocenters. The lowest BCUT2D eigenvalue weighted by atomic mass is 10.1. The van der Waals surface area contributed by atoms with E-state index in [1.807, 2.05) is 45.3 Å². The molecule has 0 radical (unpaired) electrons. The fraction of sp³-hybridized carbons (Fsp3) is 0.368. The first kappa shape index (κ1) is 16.3. The van der Waals surface area contributed by atoms with Crippen LogP contribution in [0.15, 0.2) is 29.5 Å². The molecule has 0 spiro atoms. The van der Waals surface area contributed by atoms with Crippen molar-refractivity contribution >= 4 is 22.4 Å². The zero-order chi connectivity index (χ0) is 17.3. The number of hydrogen-bond acceptors (Lipinski definition) is 4. The highest BCUT2D eigenvalue weighted by molar-refractivity contribution is 5.92. The molecule has 0 amide bonds. The van der Waals surface area contributed by atoms with Crippen molar-refractivity contribution in [3.05, 3.63) is 36.0 Å². The number of rotatable bonds is 4. The average Bonchev–Trinajstić information content (AvgIpc) is 2.91. The minimum atomic E-state index is 0.538. The van der Waals surface area contributed by atoms with Crippen molar-refractivity contribution < 1.29 is 0 Å². The lowest BCUT2D eigenvalue weighted by Crippen LogP contribution is -2.00. The summed E-state index contributed by atoms with van der Waals surface area (Å²) in [6.07, 6.45) is 4.73. The first-order valence-electron chi connectivity index (χ1n) is 8.27. The molecule has 3 rings (SSSR count). The molecule has 24 heavy (non-hydrogen) atoms. The van der Waals surface area contributed by atoms with Crippen LogP contribution in [0.2, 0.25) is 0 Å². The van der Waals surface area contributed by atoms with E-state index in [2.05, 4.69) is 33.8 Å². The Morgan fingerprint density at radius 1 is 1.21 bits per heavy atom. The Kier molecular flexibility index (Phi) is 4.42. The van der Waals surface area contributed by atoms with Crippen LogP contribution in [0, 0.1) is 12.8 Å². The second-order valence-electron chi connectivity index (χ2n) is 6.71. The van der Waals surface area contributed by atoms with Crippen molar-refractivity contribution in [3.8, 4) is 11.3 Å². The van der Waals surface area contributed by atoms with Crippen LogP contribution >= 0.6 is 0 Å². The van der Waals surface area contributed by atoms with Crippen LogP contribution in [-0.4, -0.2) is 25.6 Å². The van der Waals surface area contributed by atoms with Gasteiger partial charge in [-0.3, -0.25) is 9.98 Å². The average molecular weight is 321 g/mol. The highest BCUT2D eigenvalue weighted by Crippen LogP contribution is 2.28. The van der Waals surface area contributed by atoms with E-state index in [-0.39, 0.29) is 0 Å². The summed E-state index contributed by atoms with van der Waals surface area (Å²) in [5, 5.41) is 0.998. The smallest absolute Gasteiger partial charge is 0.141 e. The number of H-pyrrole nitrogens is 1. The summed E-state index contributed by atoms with van der Waals surface area (Å²) in [6, 6.07) is 4.01. The van der Waals surface area contributed by atoms with E-state index >= 15 is 0 Å². The first-order valence-corrected chi connectivity index (χ1v) is 8.27. The number of aryl methyl sites for hydroxylation is 1. The molecule has 124 valence electrons. The number of hydrogen-bond donors (Lipinski definition) is 1. The molecule has 0 saturated heterocycles. The van der Waals surface area contributed by atoms with Crippen LogP contribution in [0.3, 0.4) is 0 Å². The topological polar surface area (TPSA) is 66.8 Å². The van der Waals surface area contributed by atoms with E-state index in [4.69, 9.17) is 4.98 Å². The zero-order valence-corrected chi connectivity index (χ0v) is 14.9. The minimum absolute atomic E-state index is 0.538. The van der Waals surface area contributed by atoms with Crippen LogP contribution in [0.25, 0.3) is 22.3 Å². The third-order valence-electron chi connectivity index (χ3n) is 3.75. The Morgan fingerprint density at radius 2 is 2.00 bits per heavy atom. The van der Waals surface area contributed by atoms with Crippen molar-refractivity contribution in [1.29, 1.82) is 0 Å². The second-order valence-corrected chi connectivity index (χ2v) is 6.71. The van der Waals surface area contributed by atoms with E-state index < -0.39 is 0 Å². The summed E-state index contributed by atoms with van der Waals surface area (Å²) in [5.74, 6) is 1.41. The van der Waals surface area contributed by atoms with Crippen LogP contribution in [0.1, 0.15) is 39.2 Å². The lowest BCUT2D eigenvalue weighted by Gasteiger charge is -2.05. The lowest BCUT2D eigenvalue weighted by molar-refractivity contribution is 0.622. The maximum Gasteiger partial charge on any atom is 0.141 e.